The molecule has 0 spiro atoms. The molecule has 1 N–H and O–H groups in total. The molecule has 29 heavy (non-hydrogen) atoms. The van der Waals surface area contributed by atoms with Crippen LogP contribution < -0.4 is 4.90 Å². The van der Waals surface area contributed by atoms with E-state index in [0.29, 0.717) is 43.0 Å². The van der Waals surface area contributed by atoms with Gasteiger partial charge in [-0.25, -0.2) is 19.3 Å². The second-order valence-electron chi connectivity index (χ2n) is 7.94. The lowest BCUT2D eigenvalue weighted by Gasteiger charge is -2.36. The third-order valence-corrected chi connectivity index (χ3v) is 4.69. The Morgan fingerprint density at radius 1 is 1.14 bits per heavy atom. The molecule has 0 saturated carbocycles. The van der Waals surface area contributed by atoms with Gasteiger partial charge in [0.05, 0.1) is 11.8 Å². The van der Waals surface area contributed by atoms with Crippen LogP contribution in [0.2, 0.25) is 0 Å². The van der Waals surface area contributed by atoms with E-state index in [2.05, 4.69) is 15.0 Å². The molecule has 0 bridgehead atoms. The summed E-state index contributed by atoms with van der Waals surface area (Å²) in [5, 5.41) is 14.4. The Hall–Kier alpha value is -3.36. The van der Waals surface area contributed by atoms with Gasteiger partial charge in [0.2, 0.25) is 5.88 Å². The summed E-state index contributed by atoms with van der Waals surface area (Å²) in [4.78, 5) is 24.8. The van der Waals surface area contributed by atoms with E-state index < -0.39 is 5.60 Å². The lowest BCUT2D eigenvalue weighted by atomic mass is 10.1. The lowest BCUT2D eigenvalue weighted by molar-refractivity contribution is 0.0240. The summed E-state index contributed by atoms with van der Waals surface area (Å²) in [6.07, 6.45) is 4.76. The Bertz CT molecular complexity index is 1030. The monoisotopic (exact) mass is 396 g/mol. The predicted molar refractivity (Wildman–Crippen MR) is 108 cm³/mol. The van der Waals surface area contributed by atoms with Crippen molar-refractivity contribution < 1.29 is 14.6 Å². The third kappa shape index (κ3) is 3.94. The molecule has 1 aliphatic heterocycles. The van der Waals surface area contributed by atoms with E-state index in [0.717, 1.165) is 5.82 Å². The van der Waals surface area contributed by atoms with Crippen LogP contribution in [0.1, 0.15) is 20.8 Å². The quantitative estimate of drug-likeness (QED) is 0.711. The van der Waals surface area contributed by atoms with E-state index in [-0.39, 0.29) is 12.0 Å². The minimum absolute atomic E-state index is 0.0550. The molecule has 3 aromatic heterocycles. The Morgan fingerprint density at radius 2 is 1.90 bits per heavy atom. The highest BCUT2D eigenvalue weighted by atomic mass is 16.6. The summed E-state index contributed by atoms with van der Waals surface area (Å²) in [5.74, 6) is 0.743. The molecular weight excluding hydrogens is 372 g/mol. The lowest BCUT2D eigenvalue weighted by Crippen LogP contribution is -2.50. The van der Waals surface area contributed by atoms with Crippen LogP contribution in [0.25, 0.3) is 16.8 Å². The zero-order valence-corrected chi connectivity index (χ0v) is 16.7. The van der Waals surface area contributed by atoms with Crippen LogP contribution in [0.15, 0.2) is 36.8 Å². The fraction of sp³-hybridized carbons (Fsp3) is 0.400. The molecule has 0 radical (unpaired) electrons. The summed E-state index contributed by atoms with van der Waals surface area (Å²) >= 11 is 0. The van der Waals surface area contributed by atoms with E-state index >= 15 is 0 Å². The molecule has 3 aromatic rings. The van der Waals surface area contributed by atoms with Crippen molar-refractivity contribution >= 4 is 17.6 Å². The maximum Gasteiger partial charge on any atom is 0.410 e. The molecule has 4 heterocycles. The van der Waals surface area contributed by atoms with E-state index in [4.69, 9.17) is 9.72 Å². The fourth-order valence-electron chi connectivity index (χ4n) is 3.28. The molecule has 1 amide bonds. The molecule has 4 rings (SSSR count). The Kier molecular flexibility index (Phi) is 4.73. The number of carbonyl (C=O) groups excluding carboxylic acids is 1. The Balaban J connectivity index is 1.53. The van der Waals surface area contributed by atoms with E-state index in [1.54, 1.807) is 27.7 Å². The zero-order valence-electron chi connectivity index (χ0n) is 16.7. The molecule has 0 aliphatic carbocycles. The third-order valence-electron chi connectivity index (χ3n) is 4.69. The number of hydrogen-bond acceptors (Lipinski definition) is 7. The van der Waals surface area contributed by atoms with Gasteiger partial charge in [-0.3, -0.25) is 0 Å². The molecular formula is C20H24N6O3. The van der Waals surface area contributed by atoms with Crippen LogP contribution in [0.5, 0.6) is 5.88 Å². The van der Waals surface area contributed by atoms with E-state index in [1.807, 2.05) is 33.0 Å². The van der Waals surface area contributed by atoms with Crippen LogP contribution in [0, 0.1) is 0 Å². The summed E-state index contributed by atoms with van der Waals surface area (Å²) in [5.41, 5.74) is 1.43. The average Bonchev–Trinajstić information content (AvgIpc) is 3.10. The van der Waals surface area contributed by atoms with Crippen molar-refractivity contribution in [1.82, 2.24) is 24.5 Å². The maximum atomic E-state index is 12.3. The Morgan fingerprint density at radius 3 is 2.59 bits per heavy atom. The molecule has 1 fully saturated rings. The molecule has 9 heteroatoms. The summed E-state index contributed by atoms with van der Waals surface area (Å²) in [6.45, 7) is 8.04. The first kappa shape index (κ1) is 19.0. The van der Waals surface area contributed by atoms with Gasteiger partial charge in [-0.15, -0.1) is 0 Å². The number of rotatable bonds is 2. The smallest absolute Gasteiger partial charge is 0.410 e. The topological polar surface area (TPSA) is 96.1 Å². The SMILES string of the molecule is CC(C)(C)OC(=O)N1CCN(c2ccn3ncc(-c4cccnc4O)c3n2)CC1. The van der Waals surface area contributed by atoms with Crippen molar-refractivity contribution in [1.29, 1.82) is 0 Å². The van der Waals surface area contributed by atoms with Gasteiger partial charge in [0, 0.05) is 44.1 Å². The standard InChI is InChI=1S/C20H24N6O3/c1-20(2,3)29-19(28)25-11-9-24(10-12-25)16-6-8-26-17(23-16)15(13-22-26)14-5-4-7-21-18(14)27/h4-8,13H,9-12H2,1-3H3,(H,21,27). The van der Waals surface area contributed by atoms with Crippen LogP contribution in [0.4, 0.5) is 10.6 Å². The number of piperazine rings is 1. The van der Waals surface area contributed by atoms with Gasteiger partial charge in [-0.05, 0) is 39.0 Å². The number of aromatic hydroxyl groups is 1. The number of anilines is 1. The van der Waals surface area contributed by atoms with Crippen LogP contribution in [-0.4, -0.2) is 67.5 Å². The van der Waals surface area contributed by atoms with Gasteiger partial charge in [-0.1, -0.05) is 0 Å². The Labute approximate surface area is 168 Å². The summed E-state index contributed by atoms with van der Waals surface area (Å²) < 4.78 is 7.12. The van der Waals surface area contributed by atoms with Crippen molar-refractivity contribution in [2.75, 3.05) is 31.1 Å². The van der Waals surface area contributed by atoms with Crippen molar-refractivity contribution in [3.8, 4) is 17.0 Å². The van der Waals surface area contributed by atoms with E-state index in [9.17, 15) is 9.90 Å². The maximum absolute atomic E-state index is 12.3. The van der Waals surface area contributed by atoms with Gasteiger partial charge in [0.15, 0.2) is 5.65 Å². The zero-order chi connectivity index (χ0) is 20.6. The largest absolute Gasteiger partial charge is 0.493 e. The highest BCUT2D eigenvalue weighted by molar-refractivity contribution is 5.80. The van der Waals surface area contributed by atoms with Crippen LogP contribution in [-0.2, 0) is 4.74 Å². The number of hydrogen-bond donors (Lipinski definition) is 1. The highest BCUT2D eigenvalue weighted by Crippen LogP contribution is 2.30. The van der Waals surface area contributed by atoms with E-state index in [1.165, 1.54) is 6.20 Å². The first-order valence-electron chi connectivity index (χ1n) is 9.53. The number of fused-ring (bicyclic) bond motifs is 1. The van der Waals surface area contributed by atoms with Crippen LogP contribution in [0.3, 0.4) is 0 Å². The first-order chi connectivity index (χ1) is 13.8. The van der Waals surface area contributed by atoms with Gasteiger partial charge in [0.25, 0.3) is 0 Å². The molecule has 0 unspecified atom stereocenters. The minimum Gasteiger partial charge on any atom is -0.493 e. The van der Waals surface area contributed by atoms with Crippen molar-refractivity contribution in [3.63, 3.8) is 0 Å². The van der Waals surface area contributed by atoms with Crippen molar-refractivity contribution in [2.45, 2.75) is 26.4 Å². The minimum atomic E-state index is -0.503. The second kappa shape index (κ2) is 7.23. The first-order valence-corrected chi connectivity index (χ1v) is 9.53. The van der Waals surface area contributed by atoms with Gasteiger partial charge in [-0.2, -0.15) is 5.10 Å². The molecule has 0 atom stereocenters. The molecule has 1 aliphatic rings. The molecule has 152 valence electrons. The number of ether oxygens (including phenoxy) is 1. The average molecular weight is 396 g/mol. The highest BCUT2D eigenvalue weighted by Gasteiger charge is 2.26. The molecule has 0 aromatic carbocycles. The van der Waals surface area contributed by atoms with Crippen molar-refractivity contribution in [2.24, 2.45) is 0 Å². The predicted octanol–water partition coefficient (Wildman–Crippen LogP) is 2.55. The van der Waals surface area contributed by atoms with Gasteiger partial charge < -0.3 is 19.6 Å². The van der Waals surface area contributed by atoms with Gasteiger partial charge >= 0.3 is 6.09 Å². The normalized spacial score (nSPS) is 15.0. The second-order valence-corrected chi connectivity index (χ2v) is 7.94. The summed E-state index contributed by atoms with van der Waals surface area (Å²) in [7, 11) is 0. The summed E-state index contributed by atoms with van der Waals surface area (Å²) in [6, 6.07) is 5.45. The van der Waals surface area contributed by atoms with Gasteiger partial charge in [0.1, 0.15) is 11.4 Å². The number of nitrogens with zero attached hydrogens (tertiary/aromatic N) is 6. The number of carbonyl (C=O) groups is 1. The molecule has 9 nitrogen and oxygen atoms in total. The van der Waals surface area contributed by atoms with Crippen LogP contribution >= 0.6 is 0 Å². The number of amides is 1. The number of pyridine rings is 1. The molecule has 1 saturated heterocycles. The fourth-order valence-corrected chi connectivity index (χ4v) is 3.28. The van der Waals surface area contributed by atoms with Crippen molar-refractivity contribution in [3.05, 3.63) is 36.8 Å². The number of aromatic nitrogens is 4.